The quantitative estimate of drug-likeness (QED) is 0.604. The maximum absolute atomic E-state index is 11.9. The highest BCUT2D eigenvalue weighted by Crippen LogP contribution is 1.89. The van der Waals surface area contributed by atoms with E-state index in [-0.39, 0.29) is 0 Å². The Morgan fingerprint density at radius 3 is 2.33 bits per heavy atom. The molecule has 3 heteroatoms. The van der Waals surface area contributed by atoms with E-state index >= 15 is 0 Å². The maximum Gasteiger partial charge on any atom is 0.130 e. The third-order valence-corrected chi connectivity index (χ3v) is 0.879. The number of alkyl halides is 1. The van der Waals surface area contributed by atoms with Crippen LogP contribution >= 0.6 is 0 Å². The van der Waals surface area contributed by atoms with Gasteiger partial charge in [0.1, 0.15) is 6.67 Å². The molecule has 2 nitrogen and oxygen atoms in total. The molecule has 0 radical (unpaired) electrons. The molecular weight excluding hydrogens is 119 g/mol. The smallest absolute Gasteiger partial charge is 0.130 e. The van der Waals surface area contributed by atoms with Crippen molar-refractivity contribution >= 4 is 0 Å². The first kappa shape index (κ1) is 8.27. The van der Waals surface area contributed by atoms with Crippen LogP contribution in [-0.2, 0) is 0 Å². The summed E-state index contributed by atoms with van der Waals surface area (Å²) in [5, 5.41) is 2.73. The molecule has 0 heterocycles. The molecule has 0 aromatic rings. The van der Waals surface area contributed by atoms with E-state index in [1.807, 2.05) is 14.1 Å². The second-order valence-electron chi connectivity index (χ2n) is 2.00. The average Bonchev–Trinajstić information content (AvgIpc) is 1.82. The lowest BCUT2D eigenvalue weighted by atomic mass is 10.5. The first-order valence-electron chi connectivity index (χ1n) is 2.81. The lowest BCUT2D eigenvalue weighted by molar-refractivity contribution is 0.496. The molecule has 0 saturated carbocycles. The Morgan fingerprint density at radius 2 is 2.22 bits per heavy atom. The number of hydrogen-bond donors (Lipinski definition) is 1. The van der Waals surface area contributed by atoms with Gasteiger partial charge in [0.25, 0.3) is 0 Å². The van der Waals surface area contributed by atoms with Gasteiger partial charge in [0.2, 0.25) is 0 Å². The van der Waals surface area contributed by atoms with Crippen molar-refractivity contribution in [3.8, 4) is 0 Å². The predicted octanol–water partition coefficient (Wildman–Crippen LogP) is 0.578. The second kappa shape index (κ2) is 4.18. The van der Waals surface area contributed by atoms with E-state index in [0.29, 0.717) is 5.70 Å². The predicted molar refractivity (Wildman–Crippen MR) is 36.8 cm³/mol. The largest absolute Gasteiger partial charge is 0.388 e. The summed E-state index contributed by atoms with van der Waals surface area (Å²) in [4.78, 5) is 1.80. The van der Waals surface area contributed by atoms with Gasteiger partial charge >= 0.3 is 0 Å². The van der Waals surface area contributed by atoms with Crippen molar-refractivity contribution < 1.29 is 4.39 Å². The Morgan fingerprint density at radius 1 is 1.67 bits per heavy atom. The third-order valence-electron chi connectivity index (χ3n) is 0.879. The van der Waals surface area contributed by atoms with Crippen LogP contribution in [0.1, 0.15) is 0 Å². The van der Waals surface area contributed by atoms with Crippen LogP contribution in [0.25, 0.3) is 0 Å². The van der Waals surface area contributed by atoms with Crippen molar-refractivity contribution in [2.75, 3.05) is 27.8 Å². The summed E-state index contributed by atoms with van der Waals surface area (Å²) in [5.41, 5.74) is 0.597. The monoisotopic (exact) mass is 132 g/mol. The van der Waals surface area contributed by atoms with Crippen LogP contribution in [0.4, 0.5) is 4.39 Å². The highest BCUT2D eigenvalue weighted by Gasteiger charge is 1.89. The van der Waals surface area contributed by atoms with E-state index < -0.39 is 6.67 Å². The van der Waals surface area contributed by atoms with E-state index in [2.05, 4.69) is 5.32 Å². The summed E-state index contributed by atoms with van der Waals surface area (Å²) in [7, 11) is 5.41. The number of nitrogens with one attached hydrogen (secondary N) is 1. The van der Waals surface area contributed by atoms with Gasteiger partial charge in [-0.25, -0.2) is 4.39 Å². The van der Waals surface area contributed by atoms with Crippen LogP contribution in [-0.4, -0.2) is 32.7 Å². The highest BCUT2D eigenvalue weighted by molar-refractivity contribution is 4.96. The van der Waals surface area contributed by atoms with Crippen LogP contribution in [0.3, 0.4) is 0 Å². The molecule has 54 valence electrons. The van der Waals surface area contributed by atoms with Gasteiger partial charge in [-0.3, -0.25) is 0 Å². The van der Waals surface area contributed by atoms with E-state index in [0.717, 1.165) is 0 Å². The molecule has 0 unspecified atom stereocenters. The third kappa shape index (κ3) is 3.82. The maximum atomic E-state index is 11.9. The van der Waals surface area contributed by atoms with Gasteiger partial charge in [-0.1, -0.05) is 0 Å². The van der Waals surface area contributed by atoms with E-state index in [1.165, 1.54) is 0 Å². The first-order chi connectivity index (χ1) is 4.20. The summed E-state index contributed by atoms with van der Waals surface area (Å²) in [5.74, 6) is 0. The van der Waals surface area contributed by atoms with Gasteiger partial charge in [-0.2, -0.15) is 0 Å². The molecule has 1 N–H and O–H groups in total. The van der Waals surface area contributed by atoms with Crippen molar-refractivity contribution in [3.05, 3.63) is 11.9 Å². The summed E-state index contributed by atoms with van der Waals surface area (Å²) in [6.45, 7) is -0.436. The van der Waals surface area contributed by atoms with Crippen molar-refractivity contribution in [1.82, 2.24) is 10.2 Å². The lowest BCUT2D eigenvalue weighted by Crippen LogP contribution is -2.12. The van der Waals surface area contributed by atoms with Crippen molar-refractivity contribution in [2.45, 2.75) is 0 Å². The Balaban J connectivity index is 3.75. The SMILES string of the molecule is CN/C(=C\N(C)C)CF. The molecule has 0 bridgehead atoms. The van der Waals surface area contributed by atoms with Gasteiger partial charge in [-0.05, 0) is 0 Å². The van der Waals surface area contributed by atoms with Gasteiger partial charge in [0.05, 0.1) is 5.70 Å². The fourth-order valence-electron chi connectivity index (χ4n) is 0.478. The number of hydrogen-bond acceptors (Lipinski definition) is 2. The molecule has 0 spiro atoms. The molecule has 0 saturated heterocycles. The number of rotatable bonds is 3. The van der Waals surface area contributed by atoms with Gasteiger partial charge in [0.15, 0.2) is 0 Å². The van der Waals surface area contributed by atoms with Gasteiger partial charge < -0.3 is 10.2 Å². The van der Waals surface area contributed by atoms with Crippen LogP contribution in [0.15, 0.2) is 11.9 Å². The molecule has 0 aliphatic rings. The van der Waals surface area contributed by atoms with Crippen molar-refractivity contribution in [2.24, 2.45) is 0 Å². The fourth-order valence-corrected chi connectivity index (χ4v) is 0.478. The number of allylic oxidation sites excluding steroid dienone is 1. The van der Waals surface area contributed by atoms with Crippen LogP contribution in [0.5, 0.6) is 0 Å². The molecule has 0 aromatic carbocycles. The molecule has 0 atom stereocenters. The van der Waals surface area contributed by atoms with Crippen LogP contribution in [0, 0.1) is 0 Å². The Hall–Kier alpha value is -0.730. The van der Waals surface area contributed by atoms with Crippen molar-refractivity contribution in [3.63, 3.8) is 0 Å². The molecule has 9 heavy (non-hydrogen) atoms. The zero-order valence-corrected chi connectivity index (χ0v) is 6.11. The standard InChI is InChI=1S/C6H13FN2/c1-8-6(4-7)5-9(2)3/h5,8H,4H2,1-3H3/b6-5-. The van der Waals surface area contributed by atoms with Gasteiger partial charge in [-0.15, -0.1) is 0 Å². The Kier molecular flexibility index (Phi) is 3.84. The average molecular weight is 132 g/mol. The van der Waals surface area contributed by atoms with Crippen LogP contribution < -0.4 is 5.32 Å². The molecular formula is C6H13FN2. The van der Waals surface area contributed by atoms with Crippen LogP contribution in [0.2, 0.25) is 0 Å². The molecule has 0 fully saturated rings. The minimum atomic E-state index is -0.436. The zero-order chi connectivity index (χ0) is 7.28. The molecule has 0 aliphatic carbocycles. The van der Waals surface area contributed by atoms with E-state index in [9.17, 15) is 4.39 Å². The normalized spacial score (nSPS) is 11.3. The molecule has 0 aromatic heterocycles. The highest BCUT2D eigenvalue weighted by atomic mass is 19.1. The topological polar surface area (TPSA) is 15.3 Å². The Labute approximate surface area is 55.3 Å². The molecule has 0 amide bonds. The van der Waals surface area contributed by atoms with E-state index in [1.54, 1.807) is 18.1 Å². The number of nitrogens with zero attached hydrogens (tertiary/aromatic N) is 1. The minimum absolute atomic E-state index is 0.436. The molecule has 0 aliphatic heterocycles. The summed E-state index contributed by atoms with van der Waals surface area (Å²) >= 11 is 0. The summed E-state index contributed by atoms with van der Waals surface area (Å²) in [6, 6.07) is 0. The van der Waals surface area contributed by atoms with Gasteiger partial charge in [0, 0.05) is 27.3 Å². The van der Waals surface area contributed by atoms with Crippen molar-refractivity contribution in [1.29, 1.82) is 0 Å². The zero-order valence-electron chi connectivity index (χ0n) is 6.11. The summed E-state index contributed by atoms with van der Waals surface area (Å²) < 4.78 is 11.9. The first-order valence-corrected chi connectivity index (χ1v) is 2.81. The minimum Gasteiger partial charge on any atom is -0.388 e. The number of halogens is 1. The summed E-state index contributed by atoms with van der Waals surface area (Å²) in [6.07, 6.45) is 1.71. The fraction of sp³-hybridized carbons (Fsp3) is 0.667. The Bertz CT molecular complexity index is 93.2. The van der Waals surface area contributed by atoms with E-state index in [4.69, 9.17) is 0 Å². The lowest BCUT2D eigenvalue weighted by Gasteiger charge is -2.07. The molecule has 0 rings (SSSR count). The second-order valence-corrected chi connectivity index (χ2v) is 2.00.